The van der Waals surface area contributed by atoms with E-state index in [2.05, 4.69) is 15.3 Å². The van der Waals surface area contributed by atoms with Gasteiger partial charge in [-0.05, 0) is 25.2 Å². The average molecular weight is 382 g/mol. The van der Waals surface area contributed by atoms with Gasteiger partial charge >= 0.3 is 0 Å². The Morgan fingerprint density at radius 2 is 1.96 bits per heavy atom. The molecule has 0 saturated heterocycles. The van der Waals surface area contributed by atoms with Gasteiger partial charge in [-0.25, -0.2) is 5.10 Å². The van der Waals surface area contributed by atoms with Crippen molar-refractivity contribution in [3.05, 3.63) is 68.5 Å². The van der Waals surface area contributed by atoms with Gasteiger partial charge in [-0.15, -0.1) is 0 Å². The zero-order valence-corrected chi connectivity index (χ0v) is 15.9. The number of nitrogens with zero attached hydrogens (tertiary/aromatic N) is 5. The lowest BCUT2D eigenvalue weighted by molar-refractivity contribution is -0.384. The zero-order chi connectivity index (χ0) is 19.6. The van der Waals surface area contributed by atoms with Crippen molar-refractivity contribution in [1.82, 2.24) is 14.9 Å². The highest BCUT2D eigenvalue weighted by Gasteiger charge is 2.15. The van der Waals surface area contributed by atoms with Gasteiger partial charge in [0.05, 0.1) is 11.1 Å². The predicted molar refractivity (Wildman–Crippen MR) is 108 cm³/mol. The number of rotatable bonds is 5. The minimum atomic E-state index is -0.409. The first-order valence-electron chi connectivity index (χ1n) is 8.11. The van der Waals surface area contributed by atoms with E-state index in [1.165, 1.54) is 17.0 Å². The number of hydrogen-bond acceptors (Lipinski definition) is 6. The molecule has 1 aromatic heterocycles. The summed E-state index contributed by atoms with van der Waals surface area (Å²) >= 11 is 5.25. The van der Waals surface area contributed by atoms with Gasteiger partial charge in [-0.1, -0.05) is 35.9 Å². The summed E-state index contributed by atoms with van der Waals surface area (Å²) in [4.78, 5) is 12.6. The molecule has 1 heterocycles. The molecule has 3 aromatic rings. The Morgan fingerprint density at radius 1 is 1.26 bits per heavy atom. The van der Waals surface area contributed by atoms with Crippen LogP contribution in [0.25, 0.3) is 11.4 Å². The van der Waals surface area contributed by atoms with E-state index < -0.39 is 4.92 Å². The van der Waals surface area contributed by atoms with E-state index in [1.807, 2.05) is 31.2 Å². The number of nitrogens with one attached hydrogen (secondary N) is 1. The molecular formula is C18H18N6O2S. The number of H-pyrrole nitrogens is 1. The molecule has 0 saturated carbocycles. The number of nitro benzene ring substituents is 1. The molecular weight excluding hydrogens is 364 g/mol. The van der Waals surface area contributed by atoms with Gasteiger partial charge in [0.25, 0.3) is 5.69 Å². The van der Waals surface area contributed by atoms with Crippen LogP contribution in [0.1, 0.15) is 11.1 Å². The fourth-order valence-electron chi connectivity index (χ4n) is 2.56. The number of aromatic nitrogens is 3. The molecule has 27 heavy (non-hydrogen) atoms. The summed E-state index contributed by atoms with van der Waals surface area (Å²) in [6.07, 6.45) is 1.52. The van der Waals surface area contributed by atoms with E-state index in [0.717, 1.165) is 11.1 Å². The van der Waals surface area contributed by atoms with Crippen LogP contribution in [0.3, 0.4) is 0 Å². The first-order chi connectivity index (χ1) is 12.9. The van der Waals surface area contributed by atoms with Crippen molar-refractivity contribution < 1.29 is 4.92 Å². The van der Waals surface area contributed by atoms with Crippen LogP contribution in [-0.4, -0.2) is 40.1 Å². The van der Waals surface area contributed by atoms with Crippen LogP contribution in [0, 0.1) is 21.8 Å². The fourth-order valence-corrected chi connectivity index (χ4v) is 2.74. The van der Waals surface area contributed by atoms with E-state index in [1.54, 1.807) is 31.1 Å². The van der Waals surface area contributed by atoms with Gasteiger partial charge in [0, 0.05) is 31.3 Å². The molecule has 0 bridgehead atoms. The highest BCUT2D eigenvalue weighted by molar-refractivity contribution is 7.71. The van der Waals surface area contributed by atoms with E-state index in [9.17, 15) is 10.1 Å². The number of aromatic amines is 1. The van der Waals surface area contributed by atoms with E-state index >= 15 is 0 Å². The number of benzene rings is 2. The van der Waals surface area contributed by atoms with Gasteiger partial charge in [0.15, 0.2) is 5.82 Å². The second-order valence-corrected chi connectivity index (χ2v) is 6.56. The second-order valence-electron chi connectivity index (χ2n) is 6.17. The molecule has 0 spiro atoms. The number of nitro groups is 1. The molecule has 0 aliphatic heterocycles. The SMILES string of the molecule is Cc1ccc(-c2n[nH]c(=S)n2/N=C\c2ccc(N(C)C)c([N+](=O)[O-])c2)cc1. The summed E-state index contributed by atoms with van der Waals surface area (Å²) in [6.45, 7) is 2.00. The van der Waals surface area contributed by atoms with Crippen molar-refractivity contribution in [3.63, 3.8) is 0 Å². The lowest BCUT2D eigenvalue weighted by Gasteiger charge is -2.12. The monoisotopic (exact) mass is 382 g/mol. The van der Waals surface area contributed by atoms with Crippen molar-refractivity contribution in [3.8, 4) is 11.4 Å². The molecule has 0 aliphatic rings. The van der Waals surface area contributed by atoms with Crippen LogP contribution in [-0.2, 0) is 0 Å². The molecule has 138 valence electrons. The topological polar surface area (TPSA) is 92.3 Å². The van der Waals surface area contributed by atoms with E-state index in [0.29, 0.717) is 21.8 Å². The maximum Gasteiger partial charge on any atom is 0.293 e. The van der Waals surface area contributed by atoms with Gasteiger partial charge < -0.3 is 4.90 Å². The maximum atomic E-state index is 11.3. The molecule has 8 nitrogen and oxygen atoms in total. The molecule has 1 N–H and O–H groups in total. The Kier molecular flexibility index (Phi) is 5.13. The summed E-state index contributed by atoms with van der Waals surface area (Å²) < 4.78 is 1.83. The third kappa shape index (κ3) is 3.93. The summed E-state index contributed by atoms with van der Waals surface area (Å²) in [5.41, 5.74) is 3.12. The van der Waals surface area contributed by atoms with Crippen molar-refractivity contribution in [2.45, 2.75) is 6.92 Å². The normalized spacial score (nSPS) is 11.1. The number of hydrogen-bond donors (Lipinski definition) is 1. The van der Waals surface area contributed by atoms with Crippen LogP contribution in [0.4, 0.5) is 11.4 Å². The average Bonchev–Trinajstić information content (AvgIpc) is 3.00. The van der Waals surface area contributed by atoms with Crippen molar-refractivity contribution in [1.29, 1.82) is 0 Å². The molecule has 9 heteroatoms. The number of anilines is 1. The summed E-state index contributed by atoms with van der Waals surface area (Å²) in [5.74, 6) is 0.565. The molecule has 0 atom stereocenters. The van der Waals surface area contributed by atoms with E-state index in [-0.39, 0.29) is 5.69 Å². The van der Waals surface area contributed by atoms with Crippen LogP contribution in [0.15, 0.2) is 47.6 Å². The Hall–Kier alpha value is -3.33. The first kappa shape index (κ1) is 18.5. The van der Waals surface area contributed by atoms with Gasteiger partial charge in [-0.2, -0.15) is 14.9 Å². The second kappa shape index (κ2) is 7.50. The largest absolute Gasteiger partial charge is 0.372 e. The van der Waals surface area contributed by atoms with Gasteiger partial charge in [-0.3, -0.25) is 10.1 Å². The maximum absolute atomic E-state index is 11.3. The summed E-state index contributed by atoms with van der Waals surface area (Å²) in [5, 5.41) is 22.7. The first-order valence-corrected chi connectivity index (χ1v) is 8.52. The Bertz CT molecular complexity index is 1070. The molecule has 0 aliphatic carbocycles. The standard InChI is InChI=1S/C18H18N6O2S/c1-12-4-7-14(8-5-12)17-20-21-18(27)23(17)19-11-13-6-9-15(22(2)3)16(10-13)24(25)26/h4-11H,1-3H3,(H,21,27)/b19-11-. The minimum Gasteiger partial charge on any atom is -0.372 e. The summed E-state index contributed by atoms with van der Waals surface area (Å²) in [6, 6.07) is 12.8. The Labute approximate surface area is 160 Å². The van der Waals surface area contributed by atoms with Crippen molar-refractivity contribution >= 4 is 29.8 Å². The third-order valence-electron chi connectivity index (χ3n) is 3.96. The molecule has 3 rings (SSSR count). The molecule has 0 radical (unpaired) electrons. The lowest BCUT2D eigenvalue weighted by atomic mass is 10.1. The van der Waals surface area contributed by atoms with Crippen molar-refractivity contribution in [2.75, 3.05) is 19.0 Å². The van der Waals surface area contributed by atoms with Gasteiger partial charge in [0.2, 0.25) is 4.77 Å². The highest BCUT2D eigenvalue weighted by atomic mass is 32.1. The quantitative estimate of drug-likeness (QED) is 0.314. The fraction of sp³-hybridized carbons (Fsp3) is 0.167. The third-order valence-corrected chi connectivity index (χ3v) is 4.22. The highest BCUT2D eigenvalue weighted by Crippen LogP contribution is 2.27. The summed E-state index contributed by atoms with van der Waals surface area (Å²) in [7, 11) is 3.52. The molecule has 0 fully saturated rings. The van der Waals surface area contributed by atoms with Crippen molar-refractivity contribution in [2.24, 2.45) is 5.10 Å². The van der Waals surface area contributed by atoms with Crippen LogP contribution in [0.5, 0.6) is 0 Å². The van der Waals surface area contributed by atoms with Gasteiger partial charge in [0.1, 0.15) is 5.69 Å². The molecule has 0 amide bonds. The van der Waals surface area contributed by atoms with Crippen LogP contribution < -0.4 is 4.90 Å². The predicted octanol–water partition coefficient (Wildman–Crippen LogP) is 3.77. The molecule has 0 unspecified atom stereocenters. The smallest absolute Gasteiger partial charge is 0.293 e. The Balaban J connectivity index is 1.99. The van der Waals surface area contributed by atoms with E-state index in [4.69, 9.17) is 12.2 Å². The Morgan fingerprint density at radius 3 is 2.59 bits per heavy atom. The zero-order valence-electron chi connectivity index (χ0n) is 15.1. The lowest BCUT2D eigenvalue weighted by Crippen LogP contribution is -2.11. The molecule has 2 aromatic carbocycles. The number of aryl methyl sites for hydroxylation is 1. The van der Waals surface area contributed by atoms with Crippen LogP contribution in [0.2, 0.25) is 0 Å². The minimum absolute atomic E-state index is 0.0125. The van der Waals surface area contributed by atoms with Crippen LogP contribution >= 0.6 is 12.2 Å².